The lowest BCUT2D eigenvalue weighted by molar-refractivity contribution is -0.115. The summed E-state index contributed by atoms with van der Waals surface area (Å²) in [6.45, 7) is 0. The molecule has 16 heavy (non-hydrogen) atoms. The molecule has 88 valence electrons. The van der Waals surface area contributed by atoms with Crippen molar-refractivity contribution in [3.8, 4) is 0 Å². The number of nitrogens with one attached hydrogen (secondary N) is 1. The molecule has 0 atom stereocenters. The van der Waals surface area contributed by atoms with Gasteiger partial charge in [0.25, 0.3) is 0 Å². The molecule has 0 saturated carbocycles. The summed E-state index contributed by atoms with van der Waals surface area (Å²) in [5.41, 5.74) is 0. The van der Waals surface area contributed by atoms with Gasteiger partial charge in [0, 0.05) is 7.05 Å². The monoisotopic (exact) mass is 243 g/mol. The van der Waals surface area contributed by atoms with Crippen LogP contribution in [0.5, 0.6) is 0 Å². The zero-order valence-corrected chi connectivity index (χ0v) is 10.1. The van der Waals surface area contributed by atoms with Crippen LogP contribution in [0.2, 0.25) is 0 Å². The number of aromatic nitrogens is 3. The Morgan fingerprint density at radius 3 is 3.06 bits per heavy atom. The summed E-state index contributed by atoms with van der Waals surface area (Å²) in [6, 6.07) is 0. The van der Waals surface area contributed by atoms with Crippen LogP contribution in [0.25, 0.3) is 0 Å². The molecule has 7 nitrogen and oxygen atoms in total. The van der Waals surface area contributed by atoms with E-state index in [2.05, 4.69) is 25.4 Å². The van der Waals surface area contributed by atoms with Crippen LogP contribution in [0.3, 0.4) is 0 Å². The fraction of sp³-hybridized carbons (Fsp3) is 0.500. The number of carbonyl (C=O) groups excluding carboxylic acids is 1. The highest BCUT2D eigenvalue weighted by molar-refractivity contribution is 7.98. The number of anilines is 1. The molecule has 0 aliphatic carbocycles. The largest absolute Gasteiger partial charge is 0.399 e. The van der Waals surface area contributed by atoms with Gasteiger partial charge in [0.15, 0.2) is 5.16 Å². The molecule has 1 aromatic heterocycles. The van der Waals surface area contributed by atoms with Crippen molar-refractivity contribution in [2.45, 2.75) is 11.6 Å². The van der Waals surface area contributed by atoms with Gasteiger partial charge in [0.2, 0.25) is 11.9 Å². The van der Waals surface area contributed by atoms with Gasteiger partial charge in [0.1, 0.15) is 7.11 Å². The van der Waals surface area contributed by atoms with Crippen LogP contribution in [0, 0.1) is 0 Å². The smallest absolute Gasteiger partial charge is 0.249 e. The Bertz CT molecular complexity index is 390. The van der Waals surface area contributed by atoms with Crippen LogP contribution in [0.4, 0.5) is 5.95 Å². The molecule has 0 saturated heterocycles. The molecule has 0 unspecified atom stereocenters. The number of hydrogen-bond acceptors (Lipinski definition) is 6. The van der Waals surface area contributed by atoms with Crippen molar-refractivity contribution in [3.05, 3.63) is 0 Å². The first-order valence-electron chi connectivity index (χ1n) is 4.47. The van der Waals surface area contributed by atoms with E-state index in [1.807, 2.05) is 6.26 Å². The highest BCUT2D eigenvalue weighted by Crippen LogP contribution is 2.12. The number of nitrogens with zero attached hydrogens (tertiary/aromatic N) is 4. The molecule has 1 N–H and O–H groups in total. The summed E-state index contributed by atoms with van der Waals surface area (Å²) in [4.78, 5) is 19.9. The Balaban J connectivity index is 2.52. The SMILES string of the molecule is CO/N=C\CC(=O)Nc1nc(SC)n(C)n1. The Morgan fingerprint density at radius 1 is 1.75 bits per heavy atom. The van der Waals surface area contributed by atoms with Gasteiger partial charge < -0.3 is 4.84 Å². The molecule has 0 aliphatic heterocycles. The zero-order chi connectivity index (χ0) is 12.0. The first kappa shape index (κ1) is 12.5. The first-order valence-corrected chi connectivity index (χ1v) is 5.69. The van der Waals surface area contributed by atoms with Crippen molar-refractivity contribution in [3.63, 3.8) is 0 Å². The van der Waals surface area contributed by atoms with Gasteiger partial charge in [0.05, 0.1) is 12.6 Å². The number of carbonyl (C=O) groups is 1. The van der Waals surface area contributed by atoms with E-state index >= 15 is 0 Å². The Hall–Kier alpha value is -1.57. The molecule has 1 aromatic rings. The van der Waals surface area contributed by atoms with E-state index < -0.39 is 0 Å². The molecule has 1 amide bonds. The molecule has 1 heterocycles. The van der Waals surface area contributed by atoms with Crippen LogP contribution >= 0.6 is 11.8 Å². The molecular weight excluding hydrogens is 230 g/mol. The Kier molecular flexibility index (Phi) is 4.77. The number of thioether (sulfide) groups is 1. The maximum atomic E-state index is 11.3. The van der Waals surface area contributed by atoms with E-state index in [9.17, 15) is 4.79 Å². The van der Waals surface area contributed by atoms with Gasteiger partial charge in [-0.2, -0.15) is 4.98 Å². The molecule has 0 aromatic carbocycles. The lowest BCUT2D eigenvalue weighted by Crippen LogP contribution is -2.13. The van der Waals surface area contributed by atoms with Crippen LogP contribution in [-0.2, 0) is 16.7 Å². The highest BCUT2D eigenvalue weighted by atomic mass is 32.2. The minimum atomic E-state index is -0.237. The van der Waals surface area contributed by atoms with E-state index in [0.717, 1.165) is 5.16 Å². The van der Waals surface area contributed by atoms with E-state index in [1.54, 1.807) is 11.7 Å². The average molecular weight is 243 g/mol. The van der Waals surface area contributed by atoms with Gasteiger partial charge in [-0.3, -0.25) is 10.1 Å². The Morgan fingerprint density at radius 2 is 2.50 bits per heavy atom. The van der Waals surface area contributed by atoms with Crippen LogP contribution in [0.15, 0.2) is 10.3 Å². The lowest BCUT2D eigenvalue weighted by atomic mass is 10.4. The number of rotatable bonds is 5. The summed E-state index contributed by atoms with van der Waals surface area (Å²) in [6.07, 6.45) is 3.38. The predicted molar refractivity (Wildman–Crippen MR) is 61.5 cm³/mol. The minimum Gasteiger partial charge on any atom is -0.399 e. The number of oxime groups is 1. The van der Waals surface area contributed by atoms with E-state index in [1.165, 1.54) is 25.1 Å². The van der Waals surface area contributed by atoms with Gasteiger partial charge >= 0.3 is 0 Å². The molecule has 0 bridgehead atoms. The van der Waals surface area contributed by atoms with Crippen molar-refractivity contribution < 1.29 is 9.63 Å². The third-order valence-electron chi connectivity index (χ3n) is 1.61. The molecule has 8 heteroatoms. The summed E-state index contributed by atoms with van der Waals surface area (Å²) < 4.78 is 1.60. The molecule has 1 rings (SSSR count). The van der Waals surface area contributed by atoms with Crippen molar-refractivity contribution in [1.82, 2.24) is 14.8 Å². The van der Waals surface area contributed by atoms with Gasteiger partial charge in [-0.05, 0) is 6.26 Å². The quantitative estimate of drug-likeness (QED) is 0.462. The second kappa shape index (κ2) is 6.11. The van der Waals surface area contributed by atoms with Gasteiger partial charge in [-0.25, -0.2) is 4.68 Å². The summed E-state index contributed by atoms with van der Waals surface area (Å²) >= 11 is 1.46. The number of amides is 1. The molecule has 0 spiro atoms. The third kappa shape index (κ3) is 3.54. The normalized spacial score (nSPS) is 10.7. The average Bonchev–Trinajstić information content (AvgIpc) is 2.59. The lowest BCUT2D eigenvalue weighted by Gasteiger charge is -1.95. The second-order valence-electron chi connectivity index (χ2n) is 2.77. The van der Waals surface area contributed by atoms with E-state index in [0.29, 0.717) is 5.95 Å². The topological polar surface area (TPSA) is 81.4 Å². The number of hydrogen-bond donors (Lipinski definition) is 1. The molecule has 0 aliphatic rings. The summed E-state index contributed by atoms with van der Waals surface area (Å²) in [5, 5.41) is 10.8. The fourth-order valence-electron chi connectivity index (χ4n) is 0.971. The maximum absolute atomic E-state index is 11.3. The third-order valence-corrected chi connectivity index (χ3v) is 2.33. The Labute approximate surface area is 97.2 Å². The standard InChI is InChI=1S/C8H13N5O2S/c1-13-8(16-3)11-7(12-13)10-6(14)4-5-9-15-2/h5H,4H2,1-3H3,(H,10,12,14)/b9-5-. The van der Waals surface area contributed by atoms with E-state index in [4.69, 9.17) is 0 Å². The molecule has 0 radical (unpaired) electrons. The maximum Gasteiger partial charge on any atom is 0.249 e. The van der Waals surface area contributed by atoms with E-state index in [-0.39, 0.29) is 12.3 Å². The van der Waals surface area contributed by atoms with Gasteiger partial charge in [-0.15, -0.1) is 5.10 Å². The van der Waals surface area contributed by atoms with Crippen molar-refractivity contribution >= 4 is 29.8 Å². The van der Waals surface area contributed by atoms with Crippen LogP contribution in [-0.4, -0.2) is 40.3 Å². The minimum absolute atomic E-state index is 0.126. The van der Waals surface area contributed by atoms with Crippen molar-refractivity contribution in [1.29, 1.82) is 0 Å². The second-order valence-corrected chi connectivity index (χ2v) is 3.54. The molecule has 0 fully saturated rings. The molecular formula is C8H13N5O2S. The van der Waals surface area contributed by atoms with Crippen molar-refractivity contribution in [2.24, 2.45) is 12.2 Å². The summed E-state index contributed by atoms with van der Waals surface area (Å²) in [5.74, 6) is 0.0571. The van der Waals surface area contributed by atoms with Crippen molar-refractivity contribution in [2.75, 3.05) is 18.7 Å². The van der Waals surface area contributed by atoms with Gasteiger partial charge in [-0.1, -0.05) is 16.9 Å². The summed E-state index contributed by atoms with van der Waals surface area (Å²) in [7, 11) is 3.18. The van der Waals surface area contributed by atoms with Crippen LogP contribution in [0.1, 0.15) is 6.42 Å². The predicted octanol–water partition coefficient (Wildman–Crippen LogP) is 0.498. The fourth-order valence-corrected chi connectivity index (χ4v) is 1.45. The number of aryl methyl sites for hydroxylation is 1. The zero-order valence-electron chi connectivity index (χ0n) is 9.30. The highest BCUT2D eigenvalue weighted by Gasteiger charge is 2.08. The first-order chi connectivity index (χ1) is 7.67. The van der Waals surface area contributed by atoms with Crippen LogP contribution < -0.4 is 5.32 Å².